The number of carbonyl (C=O) groups excluding carboxylic acids is 3. The number of amides is 3. The lowest BCUT2D eigenvalue weighted by Gasteiger charge is -2.40. The summed E-state index contributed by atoms with van der Waals surface area (Å²) >= 11 is 0. The van der Waals surface area contributed by atoms with E-state index in [-0.39, 0.29) is 36.9 Å². The molecule has 6 atom stereocenters. The molecule has 9 heteroatoms. The predicted molar refractivity (Wildman–Crippen MR) is 157 cm³/mol. The summed E-state index contributed by atoms with van der Waals surface area (Å²) in [5.41, 5.74) is -1.43. The van der Waals surface area contributed by atoms with Crippen LogP contribution in [-0.2, 0) is 19.1 Å². The molecule has 1 aromatic rings. The third-order valence-electron chi connectivity index (χ3n) is 9.06. The van der Waals surface area contributed by atoms with Crippen molar-refractivity contribution < 1.29 is 29.0 Å². The van der Waals surface area contributed by atoms with E-state index in [0.29, 0.717) is 43.9 Å². The molecular formula is C32H45N3O6. The molecule has 2 bridgehead atoms. The minimum absolute atomic E-state index is 0.142. The van der Waals surface area contributed by atoms with Crippen molar-refractivity contribution in [2.24, 2.45) is 11.8 Å². The Bertz CT molecular complexity index is 1160. The molecule has 1 N–H and O–H groups in total. The third-order valence-corrected chi connectivity index (χ3v) is 9.06. The Kier molecular flexibility index (Phi) is 8.99. The van der Waals surface area contributed by atoms with E-state index in [4.69, 9.17) is 9.47 Å². The molecule has 3 saturated heterocycles. The number of ether oxygens (including phenoxy) is 2. The fourth-order valence-corrected chi connectivity index (χ4v) is 7.19. The molecule has 4 rings (SSSR count). The quantitative estimate of drug-likeness (QED) is 0.366. The Hall–Kier alpha value is -3.17. The number of hydrogen-bond donors (Lipinski definition) is 1. The van der Waals surface area contributed by atoms with Gasteiger partial charge in [-0.2, -0.15) is 0 Å². The summed E-state index contributed by atoms with van der Waals surface area (Å²) in [6.45, 7) is 18.0. The van der Waals surface area contributed by atoms with E-state index in [0.717, 1.165) is 0 Å². The van der Waals surface area contributed by atoms with Crippen LogP contribution in [0.1, 0.15) is 53.9 Å². The first kappa shape index (κ1) is 30.8. The molecule has 9 nitrogen and oxygen atoms in total. The summed E-state index contributed by atoms with van der Waals surface area (Å²) in [7, 11) is 0. The molecule has 1 aromatic carbocycles. The van der Waals surface area contributed by atoms with Crippen LogP contribution in [0.2, 0.25) is 0 Å². The number of hydrogen-bond acceptors (Lipinski definition) is 6. The second kappa shape index (κ2) is 12.0. The topological polar surface area (TPSA) is 99.6 Å². The Morgan fingerprint density at radius 2 is 1.80 bits per heavy atom. The number of aliphatic hydroxyl groups is 1. The van der Waals surface area contributed by atoms with Crippen LogP contribution in [0.4, 0.5) is 5.69 Å². The smallest absolute Gasteiger partial charge is 0.248 e. The van der Waals surface area contributed by atoms with Crippen molar-refractivity contribution in [3.63, 3.8) is 0 Å². The van der Waals surface area contributed by atoms with Crippen LogP contribution in [0.25, 0.3) is 0 Å². The summed E-state index contributed by atoms with van der Waals surface area (Å²) < 4.78 is 12.4. The highest BCUT2D eigenvalue weighted by Gasteiger charge is 2.78. The van der Waals surface area contributed by atoms with Crippen LogP contribution in [-0.4, -0.2) is 88.3 Å². The van der Waals surface area contributed by atoms with Crippen molar-refractivity contribution in [1.82, 2.24) is 9.80 Å². The van der Waals surface area contributed by atoms with E-state index in [2.05, 4.69) is 13.2 Å². The second-order valence-corrected chi connectivity index (χ2v) is 11.8. The van der Waals surface area contributed by atoms with Gasteiger partial charge in [0.15, 0.2) is 0 Å². The van der Waals surface area contributed by atoms with Gasteiger partial charge in [-0.3, -0.25) is 14.4 Å². The van der Waals surface area contributed by atoms with Gasteiger partial charge in [-0.1, -0.05) is 19.1 Å². The molecule has 2 unspecified atom stereocenters. The number of anilines is 1. The molecule has 224 valence electrons. The van der Waals surface area contributed by atoms with Gasteiger partial charge in [-0.25, -0.2) is 0 Å². The van der Waals surface area contributed by atoms with Gasteiger partial charge in [0, 0.05) is 24.8 Å². The summed E-state index contributed by atoms with van der Waals surface area (Å²) in [5.74, 6) is -1.75. The molecule has 0 radical (unpaired) electrons. The third kappa shape index (κ3) is 4.97. The average Bonchev–Trinajstić information content (AvgIpc) is 3.52. The Balaban J connectivity index is 1.80. The zero-order valence-corrected chi connectivity index (χ0v) is 25.0. The van der Waals surface area contributed by atoms with Crippen molar-refractivity contribution in [3.05, 3.63) is 49.6 Å². The molecule has 3 amide bonds. The number of benzene rings is 1. The fourth-order valence-electron chi connectivity index (χ4n) is 7.19. The normalized spacial score (nSPS) is 28.9. The predicted octanol–water partition coefficient (Wildman–Crippen LogP) is 3.56. The monoisotopic (exact) mass is 567 g/mol. The van der Waals surface area contributed by atoms with Crippen LogP contribution >= 0.6 is 0 Å². The Morgan fingerprint density at radius 1 is 1.15 bits per heavy atom. The minimum Gasteiger partial charge on any atom is -0.494 e. The van der Waals surface area contributed by atoms with E-state index < -0.39 is 35.1 Å². The molecule has 3 aliphatic heterocycles. The van der Waals surface area contributed by atoms with Crippen molar-refractivity contribution in [2.45, 2.75) is 83.2 Å². The zero-order valence-electron chi connectivity index (χ0n) is 25.0. The van der Waals surface area contributed by atoms with Gasteiger partial charge in [0.05, 0.1) is 36.7 Å². The molecule has 0 aromatic heterocycles. The molecule has 3 aliphatic rings. The van der Waals surface area contributed by atoms with Crippen LogP contribution in [0.5, 0.6) is 5.75 Å². The molecule has 41 heavy (non-hydrogen) atoms. The summed E-state index contributed by atoms with van der Waals surface area (Å²) in [6, 6.07) is 5.61. The maximum Gasteiger partial charge on any atom is 0.248 e. The van der Waals surface area contributed by atoms with Crippen LogP contribution in [0.15, 0.2) is 49.6 Å². The first-order valence-corrected chi connectivity index (χ1v) is 14.7. The van der Waals surface area contributed by atoms with Gasteiger partial charge >= 0.3 is 0 Å². The van der Waals surface area contributed by atoms with E-state index >= 15 is 0 Å². The largest absolute Gasteiger partial charge is 0.494 e. The SMILES string of the molecule is C=CCN(C(=O)[C@H]1[C@H]2C(=O)N([C@@H](CC)CO)C(C(=O)N(CC=C)C(C)C)C23CC[C@]1(C)O3)c1ccc(OCC)cc1. The standard InChI is InChI=1S/C32H45N3O6/c1-8-18-33(21(5)6)30(39)27-32-17-16-31(7,41-32)25(26(32)29(38)35(27)22(10-3)20-36)28(37)34(19-9-2)23-12-14-24(15-13-23)40-11-4/h8-9,12-15,21-22,25-27,36H,1-2,10-11,16-20H2,3-7H3/t22-,25+,26-,27?,31-,32?/m0/s1. The minimum atomic E-state index is -1.17. The highest BCUT2D eigenvalue weighted by atomic mass is 16.5. The maximum absolute atomic E-state index is 14.5. The van der Waals surface area contributed by atoms with Gasteiger partial charge in [-0.05, 0) is 71.2 Å². The number of fused-ring (bicyclic) bond motifs is 1. The lowest BCUT2D eigenvalue weighted by Crippen LogP contribution is -2.59. The Labute approximate surface area is 243 Å². The molecule has 3 heterocycles. The molecule has 1 spiro atoms. The summed E-state index contributed by atoms with van der Waals surface area (Å²) in [4.78, 5) is 48.1. The van der Waals surface area contributed by atoms with Crippen molar-refractivity contribution >= 4 is 23.4 Å². The molecule has 3 fully saturated rings. The highest BCUT2D eigenvalue weighted by molar-refractivity contribution is 6.03. The van der Waals surface area contributed by atoms with Crippen LogP contribution in [0.3, 0.4) is 0 Å². The van der Waals surface area contributed by atoms with Gasteiger partial charge in [0.1, 0.15) is 17.4 Å². The van der Waals surface area contributed by atoms with Gasteiger partial charge < -0.3 is 29.3 Å². The highest BCUT2D eigenvalue weighted by Crippen LogP contribution is 2.64. The van der Waals surface area contributed by atoms with Gasteiger partial charge in [-0.15, -0.1) is 13.2 Å². The van der Waals surface area contributed by atoms with Crippen LogP contribution in [0, 0.1) is 11.8 Å². The lowest BCUT2D eigenvalue weighted by molar-refractivity contribution is -0.155. The van der Waals surface area contributed by atoms with Gasteiger partial charge in [0.2, 0.25) is 17.7 Å². The number of rotatable bonds is 13. The van der Waals surface area contributed by atoms with E-state index in [9.17, 15) is 19.5 Å². The molecule has 0 saturated carbocycles. The molecule has 0 aliphatic carbocycles. The number of nitrogens with zero attached hydrogens (tertiary/aromatic N) is 3. The zero-order chi connectivity index (χ0) is 30.1. The lowest BCUT2D eigenvalue weighted by atomic mass is 9.66. The van der Waals surface area contributed by atoms with E-state index in [1.165, 1.54) is 4.90 Å². The molecular weight excluding hydrogens is 522 g/mol. The Morgan fingerprint density at radius 3 is 2.34 bits per heavy atom. The first-order chi connectivity index (χ1) is 19.5. The maximum atomic E-state index is 14.5. The van der Waals surface area contributed by atoms with E-state index in [1.54, 1.807) is 22.0 Å². The van der Waals surface area contributed by atoms with Crippen molar-refractivity contribution in [2.75, 3.05) is 31.2 Å². The summed E-state index contributed by atoms with van der Waals surface area (Å²) in [5, 5.41) is 10.3. The fraction of sp³-hybridized carbons (Fsp3) is 0.594. The number of likely N-dealkylation sites (tertiary alicyclic amines) is 1. The van der Waals surface area contributed by atoms with Gasteiger partial charge in [0.25, 0.3) is 0 Å². The first-order valence-electron chi connectivity index (χ1n) is 14.7. The number of aliphatic hydroxyl groups excluding tert-OH is 1. The average molecular weight is 568 g/mol. The number of carbonyl (C=O) groups is 3. The van der Waals surface area contributed by atoms with E-state index in [1.807, 2.05) is 58.9 Å². The summed E-state index contributed by atoms with van der Waals surface area (Å²) in [6.07, 6.45) is 4.80. The van der Waals surface area contributed by atoms with Crippen LogP contribution < -0.4 is 9.64 Å². The second-order valence-electron chi connectivity index (χ2n) is 11.8. The van der Waals surface area contributed by atoms with Crippen molar-refractivity contribution in [3.8, 4) is 5.75 Å². The van der Waals surface area contributed by atoms with Crippen molar-refractivity contribution in [1.29, 1.82) is 0 Å².